The minimum Gasteiger partial charge on any atom is -0.462 e. The molecule has 164 valence electrons. The van der Waals surface area contributed by atoms with Crippen molar-refractivity contribution >= 4 is 11.9 Å². The molecule has 4 nitrogen and oxygen atoms in total. The van der Waals surface area contributed by atoms with E-state index in [1.807, 2.05) is 27.7 Å². The summed E-state index contributed by atoms with van der Waals surface area (Å²) in [5.41, 5.74) is 0.724. The van der Waals surface area contributed by atoms with Gasteiger partial charge in [0.15, 0.2) is 0 Å². The van der Waals surface area contributed by atoms with E-state index in [-0.39, 0.29) is 36.0 Å². The Labute approximate surface area is 173 Å². The molecule has 4 heteroatoms. The van der Waals surface area contributed by atoms with Gasteiger partial charge in [-0.25, -0.2) is 0 Å². The van der Waals surface area contributed by atoms with Gasteiger partial charge in [-0.15, -0.1) is 0 Å². The highest BCUT2D eigenvalue weighted by molar-refractivity contribution is 5.72. The van der Waals surface area contributed by atoms with E-state index in [9.17, 15) is 9.59 Å². The first kappa shape index (κ1) is 25.0. The SMILES string of the molecule is CC(C)C(=O)OC1CC(C(C)(C)C)C1.CC(C)C(=O)OC1CC(C(C)(C)C)C1. The number of esters is 2. The lowest BCUT2D eigenvalue weighted by molar-refractivity contribution is -0.163. The molecule has 0 bridgehead atoms. The van der Waals surface area contributed by atoms with E-state index in [1.54, 1.807) is 0 Å². The first-order chi connectivity index (χ1) is 12.6. The molecule has 0 atom stereocenters. The summed E-state index contributed by atoms with van der Waals surface area (Å²) in [5.74, 6) is 1.33. The molecule has 0 spiro atoms. The summed E-state index contributed by atoms with van der Waals surface area (Å²) >= 11 is 0. The maximum atomic E-state index is 11.3. The quantitative estimate of drug-likeness (QED) is 0.545. The molecule has 0 aromatic heterocycles. The Morgan fingerprint density at radius 3 is 1.07 bits per heavy atom. The monoisotopic (exact) mass is 396 g/mol. The second-order valence-electron chi connectivity index (χ2n) is 11.5. The summed E-state index contributed by atoms with van der Waals surface area (Å²) in [6, 6.07) is 0. The van der Waals surface area contributed by atoms with Crippen LogP contribution in [0, 0.1) is 34.5 Å². The molecule has 2 saturated carbocycles. The summed E-state index contributed by atoms with van der Waals surface area (Å²) in [5, 5.41) is 0. The van der Waals surface area contributed by atoms with Gasteiger partial charge in [-0.2, -0.15) is 0 Å². The molecule has 0 amide bonds. The van der Waals surface area contributed by atoms with Crippen LogP contribution in [0.5, 0.6) is 0 Å². The largest absolute Gasteiger partial charge is 0.462 e. The molecule has 0 radical (unpaired) electrons. The lowest BCUT2D eigenvalue weighted by atomic mass is 9.67. The third-order valence-corrected chi connectivity index (χ3v) is 6.15. The summed E-state index contributed by atoms with van der Waals surface area (Å²) in [4.78, 5) is 22.6. The Morgan fingerprint density at radius 2 is 0.893 bits per heavy atom. The van der Waals surface area contributed by atoms with Crippen LogP contribution in [0.1, 0.15) is 94.9 Å². The van der Waals surface area contributed by atoms with Crippen molar-refractivity contribution in [2.75, 3.05) is 0 Å². The molecule has 0 unspecified atom stereocenters. The molecule has 28 heavy (non-hydrogen) atoms. The fraction of sp³-hybridized carbons (Fsp3) is 0.917. The van der Waals surface area contributed by atoms with Crippen molar-refractivity contribution in [3.8, 4) is 0 Å². The van der Waals surface area contributed by atoms with E-state index in [2.05, 4.69) is 41.5 Å². The average Bonchev–Trinajstić information content (AvgIpc) is 2.42. The topological polar surface area (TPSA) is 52.6 Å². The van der Waals surface area contributed by atoms with Crippen molar-refractivity contribution in [3.05, 3.63) is 0 Å². The Balaban J connectivity index is 0.000000280. The van der Waals surface area contributed by atoms with Gasteiger partial charge in [-0.05, 0) is 48.3 Å². The Kier molecular flexibility index (Phi) is 8.59. The van der Waals surface area contributed by atoms with Gasteiger partial charge in [0.1, 0.15) is 12.2 Å². The van der Waals surface area contributed by atoms with Gasteiger partial charge in [0, 0.05) is 0 Å². The molecule has 0 N–H and O–H groups in total. The molecule has 0 saturated heterocycles. The Morgan fingerprint density at radius 1 is 0.643 bits per heavy atom. The van der Waals surface area contributed by atoms with Gasteiger partial charge in [-0.1, -0.05) is 69.2 Å². The number of hydrogen-bond donors (Lipinski definition) is 0. The van der Waals surface area contributed by atoms with Crippen molar-refractivity contribution in [2.24, 2.45) is 34.5 Å². The number of carbonyl (C=O) groups is 2. The van der Waals surface area contributed by atoms with Crippen molar-refractivity contribution in [1.82, 2.24) is 0 Å². The molecular weight excluding hydrogens is 352 g/mol. The highest BCUT2D eigenvalue weighted by atomic mass is 16.5. The number of ether oxygens (including phenoxy) is 2. The zero-order valence-corrected chi connectivity index (χ0v) is 19.9. The van der Waals surface area contributed by atoms with Crippen LogP contribution in [0.25, 0.3) is 0 Å². The molecular formula is C24H44O4. The molecule has 0 aromatic carbocycles. The van der Waals surface area contributed by atoms with Gasteiger partial charge in [0.25, 0.3) is 0 Å². The van der Waals surface area contributed by atoms with Crippen LogP contribution in [0.15, 0.2) is 0 Å². The van der Waals surface area contributed by atoms with Crippen LogP contribution >= 0.6 is 0 Å². The van der Waals surface area contributed by atoms with Crippen molar-refractivity contribution in [2.45, 2.75) is 107 Å². The standard InChI is InChI=1S/2C12H22O2/c2*1-8(2)11(13)14-10-6-9(7-10)12(3,4)5/h2*8-10H,6-7H2,1-5H3. The summed E-state index contributed by atoms with van der Waals surface area (Å²) in [6.45, 7) is 21.0. The number of hydrogen-bond acceptors (Lipinski definition) is 4. The van der Waals surface area contributed by atoms with E-state index in [0.717, 1.165) is 25.7 Å². The summed E-state index contributed by atoms with van der Waals surface area (Å²) < 4.78 is 10.7. The van der Waals surface area contributed by atoms with Gasteiger partial charge >= 0.3 is 11.9 Å². The predicted octanol–water partition coefficient (Wildman–Crippen LogP) is 6.02. The highest BCUT2D eigenvalue weighted by Gasteiger charge is 2.40. The fourth-order valence-electron chi connectivity index (χ4n) is 3.34. The van der Waals surface area contributed by atoms with E-state index in [0.29, 0.717) is 22.7 Å². The van der Waals surface area contributed by atoms with Crippen LogP contribution in [0.2, 0.25) is 0 Å². The smallest absolute Gasteiger partial charge is 0.308 e. The molecule has 2 fully saturated rings. The summed E-state index contributed by atoms with van der Waals surface area (Å²) in [6.07, 6.45) is 4.55. The first-order valence-corrected chi connectivity index (χ1v) is 11.0. The maximum Gasteiger partial charge on any atom is 0.308 e. The molecule has 0 aliphatic heterocycles. The van der Waals surface area contributed by atoms with Crippen molar-refractivity contribution in [1.29, 1.82) is 0 Å². The van der Waals surface area contributed by atoms with E-state index >= 15 is 0 Å². The van der Waals surface area contributed by atoms with E-state index < -0.39 is 0 Å². The van der Waals surface area contributed by atoms with Crippen LogP contribution in [0.4, 0.5) is 0 Å². The zero-order chi connectivity index (χ0) is 21.9. The van der Waals surface area contributed by atoms with Crippen molar-refractivity contribution in [3.63, 3.8) is 0 Å². The third kappa shape index (κ3) is 7.75. The zero-order valence-electron chi connectivity index (χ0n) is 19.9. The lowest BCUT2D eigenvalue weighted by Crippen LogP contribution is -2.40. The first-order valence-electron chi connectivity index (χ1n) is 11.0. The van der Waals surface area contributed by atoms with Crippen LogP contribution in [-0.2, 0) is 19.1 Å². The van der Waals surface area contributed by atoms with Gasteiger partial charge in [0.2, 0.25) is 0 Å². The molecule has 0 heterocycles. The number of rotatable bonds is 4. The third-order valence-electron chi connectivity index (χ3n) is 6.15. The van der Waals surface area contributed by atoms with Crippen LogP contribution < -0.4 is 0 Å². The summed E-state index contributed by atoms with van der Waals surface area (Å²) in [7, 11) is 0. The minimum absolute atomic E-state index is 0.00341. The maximum absolute atomic E-state index is 11.3. The average molecular weight is 397 g/mol. The predicted molar refractivity (Wildman–Crippen MR) is 114 cm³/mol. The molecule has 0 aromatic rings. The normalized spacial score (nSPS) is 27.3. The van der Waals surface area contributed by atoms with Crippen molar-refractivity contribution < 1.29 is 19.1 Å². The molecule has 2 aliphatic carbocycles. The van der Waals surface area contributed by atoms with Gasteiger partial charge in [0.05, 0.1) is 11.8 Å². The number of carbonyl (C=O) groups excluding carboxylic acids is 2. The Hall–Kier alpha value is -1.06. The van der Waals surface area contributed by atoms with E-state index in [4.69, 9.17) is 9.47 Å². The highest BCUT2D eigenvalue weighted by Crippen LogP contribution is 2.43. The Bertz CT molecular complexity index is 462. The lowest BCUT2D eigenvalue weighted by Gasteiger charge is -2.43. The molecule has 2 aliphatic rings. The minimum atomic E-state index is -0.0534. The van der Waals surface area contributed by atoms with E-state index in [1.165, 1.54) is 0 Å². The second-order valence-corrected chi connectivity index (χ2v) is 11.5. The van der Waals surface area contributed by atoms with Crippen LogP contribution in [0.3, 0.4) is 0 Å². The van der Waals surface area contributed by atoms with Gasteiger partial charge in [-0.3, -0.25) is 9.59 Å². The second kappa shape index (κ2) is 9.63. The molecule has 2 rings (SSSR count). The van der Waals surface area contributed by atoms with Crippen LogP contribution in [-0.4, -0.2) is 24.1 Å². The fourth-order valence-corrected chi connectivity index (χ4v) is 3.34. The van der Waals surface area contributed by atoms with Gasteiger partial charge < -0.3 is 9.47 Å².